The molecule has 3 heteroatoms. The predicted octanol–water partition coefficient (Wildman–Crippen LogP) is 1.97. The van der Waals surface area contributed by atoms with Crippen LogP contribution in [0, 0.1) is 0 Å². The van der Waals surface area contributed by atoms with Crippen molar-refractivity contribution in [3.05, 3.63) is 35.9 Å². The van der Waals surface area contributed by atoms with E-state index >= 15 is 0 Å². The number of Topliss-reactive ketones (excluding diaryl/α,β-unsaturated/α-hetero) is 1. The van der Waals surface area contributed by atoms with Gasteiger partial charge in [0, 0.05) is 18.4 Å². The standard InChI is InChI=1S/C12H12O3/c1-12(8-7-10(13)15-12)11(14)9-5-3-2-4-6-9/h2-6H,7-8H2,1H3. The molecule has 1 aliphatic heterocycles. The molecule has 0 bridgehead atoms. The molecule has 1 saturated heterocycles. The highest BCUT2D eigenvalue weighted by atomic mass is 16.6. The third-order valence-electron chi connectivity index (χ3n) is 2.66. The molecule has 1 fully saturated rings. The average Bonchev–Trinajstić information content (AvgIpc) is 2.60. The smallest absolute Gasteiger partial charge is 0.306 e. The number of ketones is 1. The van der Waals surface area contributed by atoms with Crippen LogP contribution in [-0.4, -0.2) is 17.4 Å². The summed E-state index contributed by atoms with van der Waals surface area (Å²) in [5.41, 5.74) is -0.368. The Balaban J connectivity index is 2.25. The van der Waals surface area contributed by atoms with E-state index in [2.05, 4.69) is 0 Å². The lowest BCUT2D eigenvalue weighted by Gasteiger charge is -2.20. The zero-order chi connectivity index (χ0) is 10.9. The number of rotatable bonds is 2. The Bertz CT molecular complexity index is 397. The van der Waals surface area contributed by atoms with Gasteiger partial charge in [0.2, 0.25) is 5.78 Å². The molecule has 1 heterocycles. The zero-order valence-corrected chi connectivity index (χ0v) is 8.53. The van der Waals surface area contributed by atoms with E-state index < -0.39 is 5.60 Å². The number of hydrogen-bond donors (Lipinski definition) is 0. The first-order valence-corrected chi connectivity index (χ1v) is 4.93. The fourth-order valence-electron chi connectivity index (χ4n) is 1.75. The number of hydrogen-bond acceptors (Lipinski definition) is 3. The number of benzene rings is 1. The summed E-state index contributed by atoms with van der Waals surface area (Å²) in [6, 6.07) is 8.92. The summed E-state index contributed by atoms with van der Waals surface area (Å²) in [5, 5.41) is 0. The van der Waals surface area contributed by atoms with Crippen LogP contribution in [0.15, 0.2) is 30.3 Å². The normalized spacial score (nSPS) is 25.0. The van der Waals surface area contributed by atoms with Gasteiger partial charge in [0.25, 0.3) is 0 Å². The Morgan fingerprint density at radius 3 is 2.53 bits per heavy atom. The van der Waals surface area contributed by atoms with Gasteiger partial charge < -0.3 is 4.74 Å². The molecular formula is C12H12O3. The van der Waals surface area contributed by atoms with E-state index in [1.54, 1.807) is 31.2 Å². The second kappa shape index (κ2) is 3.50. The quantitative estimate of drug-likeness (QED) is 0.546. The zero-order valence-electron chi connectivity index (χ0n) is 8.53. The second-order valence-corrected chi connectivity index (χ2v) is 3.90. The van der Waals surface area contributed by atoms with E-state index in [9.17, 15) is 9.59 Å². The molecule has 1 unspecified atom stereocenters. The number of cyclic esters (lactones) is 1. The molecule has 0 aromatic heterocycles. The first-order valence-electron chi connectivity index (χ1n) is 4.93. The third kappa shape index (κ3) is 1.77. The minimum Gasteiger partial charge on any atom is -0.451 e. The van der Waals surface area contributed by atoms with Crippen LogP contribution in [0.25, 0.3) is 0 Å². The number of esters is 1. The minimum absolute atomic E-state index is 0.117. The van der Waals surface area contributed by atoms with Gasteiger partial charge in [0.1, 0.15) is 0 Å². The Morgan fingerprint density at radius 1 is 1.33 bits per heavy atom. The van der Waals surface area contributed by atoms with Crippen LogP contribution in [0.1, 0.15) is 30.1 Å². The van der Waals surface area contributed by atoms with Crippen molar-refractivity contribution < 1.29 is 14.3 Å². The molecule has 1 aromatic rings. The average molecular weight is 204 g/mol. The van der Waals surface area contributed by atoms with Crippen molar-refractivity contribution in [3.8, 4) is 0 Å². The number of ether oxygens (including phenoxy) is 1. The predicted molar refractivity (Wildman–Crippen MR) is 54.5 cm³/mol. The maximum Gasteiger partial charge on any atom is 0.306 e. The summed E-state index contributed by atoms with van der Waals surface area (Å²) in [6.45, 7) is 1.67. The third-order valence-corrected chi connectivity index (χ3v) is 2.66. The highest BCUT2D eigenvalue weighted by Gasteiger charge is 2.42. The van der Waals surface area contributed by atoms with E-state index in [1.165, 1.54) is 0 Å². The molecule has 0 saturated carbocycles. The van der Waals surface area contributed by atoms with Crippen molar-refractivity contribution in [2.75, 3.05) is 0 Å². The summed E-state index contributed by atoms with van der Waals surface area (Å²) in [5.74, 6) is -0.407. The first-order chi connectivity index (χ1) is 7.12. The van der Waals surface area contributed by atoms with Gasteiger partial charge in [-0.05, 0) is 6.92 Å². The van der Waals surface area contributed by atoms with Gasteiger partial charge in [0.05, 0.1) is 0 Å². The molecule has 1 atom stereocenters. The van der Waals surface area contributed by atoms with Gasteiger partial charge in [-0.1, -0.05) is 30.3 Å². The van der Waals surface area contributed by atoms with Gasteiger partial charge in [-0.15, -0.1) is 0 Å². The Hall–Kier alpha value is -1.64. The molecule has 0 N–H and O–H groups in total. The van der Waals surface area contributed by atoms with Gasteiger partial charge in [-0.25, -0.2) is 0 Å². The van der Waals surface area contributed by atoms with Gasteiger partial charge >= 0.3 is 5.97 Å². The highest BCUT2D eigenvalue weighted by molar-refractivity contribution is 6.04. The van der Waals surface area contributed by atoms with Crippen LogP contribution in [0.3, 0.4) is 0 Å². The van der Waals surface area contributed by atoms with Crippen LogP contribution < -0.4 is 0 Å². The number of carbonyl (C=O) groups is 2. The maximum atomic E-state index is 12.0. The summed E-state index contributed by atoms with van der Waals surface area (Å²) in [4.78, 5) is 23.1. The molecule has 78 valence electrons. The van der Waals surface area contributed by atoms with Crippen LogP contribution in [0.5, 0.6) is 0 Å². The monoisotopic (exact) mass is 204 g/mol. The topological polar surface area (TPSA) is 43.4 Å². The Kier molecular flexibility index (Phi) is 2.31. The fraction of sp³-hybridized carbons (Fsp3) is 0.333. The Labute approximate surface area is 88.1 Å². The van der Waals surface area contributed by atoms with Crippen molar-refractivity contribution in [1.82, 2.24) is 0 Å². The molecule has 0 aliphatic carbocycles. The summed E-state index contributed by atoms with van der Waals surface area (Å²) < 4.78 is 5.08. The molecule has 0 amide bonds. The maximum absolute atomic E-state index is 12.0. The van der Waals surface area contributed by atoms with E-state index in [0.717, 1.165) is 0 Å². The SMILES string of the molecule is CC1(C(=O)c2ccccc2)CCC(=O)O1. The first kappa shape index (κ1) is 9.90. The summed E-state index contributed by atoms with van der Waals surface area (Å²) in [7, 11) is 0. The second-order valence-electron chi connectivity index (χ2n) is 3.90. The van der Waals surface area contributed by atoms with E-state index in [4.69, 9.17) is 4.74 Å². The molecule has 1 aliphatic rings. The van der Waals surface area contributed by atoms with Gasteiger partial charge in [-0.2, -0.15) is 0 Å². The molecule has 0 spiro atoms. The van der Waals surface area contributed by atoms with E-state index in [-0.39, 0.29) is 11.8 Å². The fourth-order valence-corrected chi connectivity index (χ4v) is 1.75. The van der Waals surface area contributed by atoms with E-state index in [0.29, 0.717) is 18.4 Å². The highest BCUT2D eigenvalue weighted by Crippen LogP contribution is 2.29. The van der Waals surface area contributed by atoms with Gasteiger partial charge in [-0.3, -0.25) is 9.59 Å². The van der Waals surface area contributed by atoms with Crippen molar-refractivity contribution in [2.45, 2.75) is 25.4 Å². The molecule has 0 radical (unpaired) electrons. The molecular weight excluding hydrogens is 192 g/mol. The van der Waals surface area contributed by atoms with E-state index in [1.807, 2.05) is 6.07 Å². The molecule has 15 heavy (non-hydrogen) atoms. The van der Waals surface area contributed by atoms with Crippen LogP contribution in [0.4, 0.5) is 0 Å². The number of carbonyl (C=O) groups excluding carboxylic acids is 2. The lowest BCUT2D eigenvalue weighted by molar-refractivity contribution is -0.144. The lowest BCUT2D eigenvalue weighted by Crippen LogP contribution is -2.34. The van der Waals surface area contributed by atoms with Crippen molar-refractivity contribution >= 4 is 11.8 Å². The summed E-state index contributed by atoms with van der Waals surface area (Å²) in [6.07, 6.45) is 0.800. The van der Waals surface area contributed by atoms with Crippen LogP contribution in [-0.2, 0) is 9.53 Å². The molecule has 1 aromatic carbocycles. The lowest BCUT2D eigenvalue weighted by atomic mass is 9.92. The van der Waals surface area contributed by atoms with Crippen LogP contribution in [0.2, 0.25) is 0 Å². The largest absolute Gasteiger partial charge is 0.451 e. The molecule has 2 rings (SSSR count). The van der Waals surface area contributed by atoms with Crippen molar-refractivity contribution in [1.29, 1.82) is 0 Å². The van der Waals surface area contributed by atoms with Crippen molar-refractivity contribution in [3.63, 3.8) is 0 Å². The summed E-state index contributed by atoms with van der Waals surface area (Å²) >= 11 is 0. The Morgan fingerprint density at radius 2 is 2.00 bits per heavy atom. The minimum atomic E-state index is -0.960. The molecule has 3 nitrogen and oxygen atoms in total. The van der Waals surface area contributed by atoms with Gasteiger partial charge in [0.15, 0.2) is 5.60 Å². The van der Waals surface area contributed by atoms with Crippen LogP contribution >= 0.6 is 0 Å². The van der Waals surface area contributed by atoms with Crippen molar-refractivity contribution in [2.24, 2.45) is 0 Å².